The molecule has 0 aliphatic rings. The highest BCUT2D eigenvalue weighted by Crippen LogP contribution is 1.75. The minimum Gasteiger partial charge on any atom is -0.479 e. The summed E-state index contributed by atoms with van der Waals surface area (Å²) in [5, 5.41) is 9.35. The van der Waals surface area contributed by atoms with E-state index in [0.717, 1.165) is 0 Å². The molecule has 0 aromatic carbocycles. The molecule has 0 aromatic rings. The van der Waals surface area contributed by atoms with E-state index in [9.17, 15) is 4.79 Å². The van der Waals surface area contributed by atoms with Gasteiger partial charge in [-0.25, -0.2) is 4.79 Å². The van der Waals surface area contributed by atoms with Gasteiger partial charge in [0.15, 0.2) is 6.61 Å². The van der Waals surface area contributed by atoms with Crippen LogP contribution in [0.1, 0.15) is 0 Å². The van der Waals surface area contributed by atoms with Gasteiger partial charge in [-0.2, -0.15) is 5.06 Å². The maximum absolute atomic E-state index is 9.75. The Morgan fingerprint density at radius 1 is 1.75 bits per heavy atom. The highest BCUT2D eigenvalue weighted by Gasteiger charge is 1.95. The zero-order valence-corrected chi connectivity index (χ0v) is 4.92. The van der Waals surface area contributed by atoms with E-state index in [1.807, 2.05) is 0 Å². The molecule has 0 amide bonds. The second-order valence-electron chi connectivity index (χ2n) is 1.48. The van der Waals surface area contributed by atoms with Gasteiger partial charge >= 0.3 is 5.97 Å². The summed E-state index contributed by atoms with van der Waals surface area (Å²) >= 11 is 0. The minimum absolute atomic E-state index is 0.271. The molecular formula is C4H9NO3. The molecule has 0 spiro atoms. The van der Waals surface area contributed by atoms with Gasteiger partial charge in [0.1, 0.15) is 0 Å². The summed E-state index contributed by atoms with van der Waals surface area (Å²) in [6.07, 6.45) is 0. The molecule has 0 fully saturated rings. The van der Waals surface area contributed by atoms with Crippen LogP contribution in [0.15, 0.2) is 0 Å². The van der Waals surface area contributed by atoms with Crippen LogP contribution in [0.25, 0.3) is 0 Å². The summed E-state index contributed by atoms with van der Waals surface area (Å²) in [5.41, 5.74) is 0. The average molecular weight is 119 g/mol. The molecule has 0 aliphatic carbocycles. The van der Waals surface area contributed by atoms with Crippen LogP contribution in [-0.2, 0) is 9.63 Å². The van der Waals surface area contributed by atoms with Gasteiger partial charge in [0.25, 0.3) is 0 Å². The van der Waals surface area contributed by atoms with Gasteiger partial charge in [-0.15, -0.1) is 0 Å². The first-order valence-corrected chi connectivity index (χ1v) is 2.15. The molecule has 0 aliphatic heterocycles. The van der Waals surface area contributed by atoms with E-state index in [4.69, 9.17) is 5.11 Å². The Labute approximate surface area is 47.6 Å². The van der Waals surface area contributed by atoms with Gasteiger partial charge < -0.3 is 5.11 Å². The fraction of sp³-hybridized carbons (Fsp3) is 0.750. The second-order valence-corrected chi connectivity index (χ2v) is 1.48. The van der Waals surface area contributed by atoms with Crippen molar-refractivity contribution in [2.45, 2.75) is 0 Å². The number of nitrogens with zero attached hydrogens (tertiary/aromatic N) is 1. The SMILES string of the molecule is CN(C)OCC(=O)O. The van der Waals surface area contributed by atoms with Crippen LogP contribution in [0.5, 0.6) is 0 Å². The molecule has 0 unspecified atom stereocenters. The predicted molar refractivity (Wildman–Crippen MR) is 27.3 cm³/mol. The van der Waals surface area contributed by atoms with E-state index in [1.165, 1.54) is 5.06 Å². The van der Waals surface area contributed by atoms with Crippen LogP contribution in [0, 0.1) is 0 Å². The number of carbonyl (C=O) groups is 1. The van der Waals surface area contributed by atoms with Crippen LogP contribution in [-0.4, -0.2) is 36.8 Å². The molecule has 1 N–H and O–H groups in total. The van der Waals surface area contributed by atoms with Crippen molar-refractivity contribution in [3.05, 3.63) is 0 Å². The molecule has 0 rings (SSSR count). The normalized spacial score (nSPS) is 9.88. The fourth-order valence-corrected chi connectivity index (χ4v) is 0.184. The molecule has 0 aromatic heterocycles. The van der Waals surface area contributed by atoms with Gasteiger partial charge in [0, 0.05) is 14.1 Å². The number of carboxylic acids is 1. The van der Waals surface area contributed by atoms with E-state index in [2.05, 4.69) is 4.84 Å². The first-order valence-electron chi connectivity index (χ1n) is 2.15. The van der Waals surface area contributed by atoms with Gasteiger partial charge in [0.2, 0.25) is 0 Å². The Hall–Kier alpha value is -0.610. The quantitative estimate of drug-likeness (QED) is 0.512. The lowest BCUT2D eigenvalue weighted by Crippen LogP contribution is -2.18. The number of rotatable bonds is 3. The molecule has 8 heavy (non-hydrogen) atoms. The topological polar surface area (TPSA) is 49.8 Å². The zero-order valence-electron chi connectivity index (χ0n) is 4.92. The van der Waals surface area contributed by atoms with E-state index >= 15 is 0 Å². The van der Waals surface area contributed by atoms with Crippen LogP contribution in [0.2, 0.25) is 0 Å². The van der Waals surface area contributed by atoms with Crippen molar-refractivity contribution >= 4 is 5.97 Å². The number of aliphatic carboxylic acids is 1. The smallest absolute Gasteiger partial charge is 0.331 e. The molecule has 0 saturated carbocycles. The summed E-state index contributed by atoms with van der Waals surface area (Å²) in [6, 6.07) is 0. The lowest BCUT2D eigenvalue weighted by Gasteiger charge is -2.05. The largest absolute Gasteiger partial charge is 0.479 e. The second kappa shape index (κ2) is 3.40. The van der Waals surface area contributed by atoms with Gasteiger partial charge in [-0.1, -0.05) is 0 Å². The Bertz CT molecular complexity index is 81.4. The lowest BCUT2D eigenvalue weighted by molar-refractivity contribution is -0.165. The van der Waals surface area contributed by atoms with Crippen LogP contribution in [0.3, 0.4) is 0 Å². The summed E-state index contributed by atoms with van der Waals surface area (Å²) in [4.78, 5) is 14.3. The van der Waals surface area contributed by atoms with Gasteiger partial charge in [-0.05, 0) is 0 Å². The van der Waals surface area contributed by atoms with Crippen molar-refractivity contribution in [1.82, 2.24) is 5.06 Å². The average Bonchev–Trinajstić information content (AvgIpc) is 1.61. The predicted octanol–water partition coefficient (Wildman–Crippen LogP) is -0.436. The number of hydrogen-bond donors (Lipinski definition) is 1. The molecule has 0 heterocycles. The summed E-state index contributed by atoms with van der Waals surface area (Å²) in [5.74, 6) is -0.960. The third-order valence-electron chi connectivity index (χ3n) is 0.446. The first-order chi connectivity index (χ1) is 3.63. The Balaban J connectivity index is 3.05. The van der Waals surface area contributed by atoms with Crippen LogP contribution < -0.4 is 0 Å². The van der Waals surface area contributed by atoms with E-state index in [0.29, 0.717) is 0 Å². The maximum atomic E-state index is 9.75. The molecule has 0 bridgehead atoms. The Morgan fingerprint density at radius 2 is 2.25 bits per heavy atom. The van der Waals surface area contributed by atoms with E-state index in [1.54, 1.807) is 14.1 Å². The number of carboxylic acid groups (broad SMARTS) is 1. The van der Waals surface area contributed by atoms with Crippen molar-refractivity contribution in [3.8, 4) is 0 Å². The fourth-order valence-electron chi connectivity index (χ4n) is 0.184. The molecule has 4 nitrogen and oxygen atoms in total. The Morgan fingerprint density at radius 3 is 2.38 bits per heavy atom. The minimum atomic E-state index is -0.960. The van der Waals surface area contributed by atoms with Gasteiger partial charge in [-0.3, -0.25) is 4.84 Å². The molecule has 48 valence electrons. The van der Waals surface area contributed by atoms with Crippen LogP contribution in [0.4, 0.5) is 0 Å². The monoisotopic (exact) mass is 119 g/mol. The third-order valence-corrected chi connectivity index (χ3v) is 0.446. The van der Waals surface area contributed by atoms with E-state index < -0.39 is 5.97 Å². The molecule has 0 atom stereocenters. The highest BCUT2D eigenvalue weighted by molar-refractivity contribution is 5.67. The van der Waals surface area contributed by atoms with Gasteiger partial charge in [0.05, 0.1) is 0 Å². The molecule has 4 heteroatoms. The molecule has 0 saturated heterocycles. The first kappa shape index (κ1) is 7.39. The summed E-state index contributed by atoms with van der Waals surface area (Å²) < 4.78 is 0. The zero-order chi connectivity index (χ0) is 6.57. The third kappa shape index (κ3) is 5.39. The van der Waals surface area contributed by atoms with Crippen molar-refractivity contribution in [2.75, 3.05) is 20.7 Å². The van der Waals surface area contributed by atoms with E-state index in [-0.39, 0.29) is 6.61 Å². The number of hydroxylamine groups is 2. The van der Waals surface area contributed by atoms with Crippen LogP contribution >= 0.6 is 0 Å². The maximum Gasteiger partial charge on any atom is 0.331 e. The molecular weight excluding hydrogens is 110 g/mol. The van der Waals surface area contributed by atoms with Crippen molar-refractivity contribution in [1.29, 1.82) is 0 Å². The van der Waals surface area contributed by atoms with Crippen molar-refractivity contribution in [2.24, 2.45) is 0 Å². The Kier molecular flexibility index (Phi) is 3.14. The molecule has 0 radical (unpaired) electrons. The highest BCUT2D eigenvalue weighted by atomic mass is 16.7. The number of hydrogen-bond acceptors (Lipinski definition) is 3. The standard InChI is InChI=1S/C4H9NO3/c1-5(2)8-3-4(6)7/h3H2,1-2H3,(H,6,7). The lowest BCUT2D eigenvalue weighted by atomic mass is 10.8. The van der Waals surface area contributed by atoms with Crippen molar-refractivity contribution in [3.63, 3.8) is 0 Å². The van der Waals surface area contributed by atoms with Crippen molar-refractivity contribution < 1.29 is 14.7 Å². The summed E-state index contributed by atoms with van der Waals surface area (Å²) in [7, 11) is 3.26. The summed E-state index contributed by atoms with van der Waals surface area (Å²) in [6.45, 7) is -0.271.